The van der Waals surface area contributed by atoms with Crippen LogP contribution in [-0.2, 0) is 4.79 Å². The first kappa shape index (κ1) is 18.8. The number of fused-ring (bicyclic) bond motifs is 1. The minimum absolute atomic E-state index is 0.133. The first-order chi connectivity index (χ1) is 13.0. The van der Waals surface area contributed by atoms with Crippen molar-refractivity contribution in [3.05, 3.63) is 53.6 Å². The lowest BCUT2D eigenvalue weighted by molar-refractivity contribution is -0.123. The zero-order chi connectivity index (χ0) is 19.4. The van der Waals surface area contributed by atoms with Gasteiger partial charge in [0.05, 0.1) is 23.9 Å². The molecule has 27 heavy (non-hydrogen) atoms. The van der Waals surface area contributed by atoms with Crippen molar-refractivity contribution in [3.63, 3.8) is 0 Å². The summed E-state index contributed by atoms with van der Waals surface area (Å²) >= 11 is 0. The second kappa shape index (κ2) is 8.12. The van der Waals surface area contributed by atoms with Gasteiger partial charge in [-0.1, -0.05) is 25.1 Å². The maximum atomic E-state index is 12.7. The Bertz CT molecular complexity index is 850. The number of para-hydroxylation sites is 1. The number of carbonyl (C=O) groups is 2. The van der Waals surface area contributed by atoms with E-state index in [1.165, 1.54) is 0 Å². The van der Waals surface area contributed by atoms with Gasteiger partial charge in [0.1, 0.15) is 11.5 Å². The molecule has 0 saturated heterocycles. The van der Waals surface area contributed by atoms with E-state index in [2.05, 4.69) is 10.6 Å². The fraction of sp³-hybridized carbons (Fsp3) is 0.333. The summed E-state index contributed by atoms with van der Waals surface area (Å²) in [6.07, 6.45) is 0.103. The van der Waals surface area contributed by atoms with Gasteiger partial charge in [0.15, 0.2) is 6.10 Å². The molecule has 0 aromatic heterocycles. The largest absolute Gasteiger partial charge is 0.493 e. The molecule has 3 rings (SSSR count). The van der Waals surface area contributed by atoms with Gasteiger partial charge in [-0.05, 0) is 50.1 Å². The van der Waals surface area contributed by atoms with Crippen LogP contribution in [0.1, 0.15) is 49.2 Å². The SMILES string of the molecule is CCOc1ccccc1C(=O)N[C@H](C)c1ccc2c(c1)O[C@H](CC)C(=O)N2. The van der Waals surface area contributed by atoms with Crippen LogP contribution >= 0.6 is 0 Å². The molecular weight excluding hydrogens is 344 g/mol. The molecule has 1 aliphatic rings. The van der Waals surface area contributed by atoms with E-state index in [0.29, 0.717) is 35.8 Å². The van der Waals surface area contributed by atoms with Crippen LogP contribution < -0.4 is 20.1 Å². The number of nitrogens with one attached hydrogen (secondary N) is 2. The van der Waals surface area contributed by atoms with E-state index in [9.17, 15) is 9.59 Å². The second-order valence-electron chi connectivity index (χ2n) is 6.38. The number of amides is 2. The summed E-state index contributed by atoms with van der Waals surface area (Å²) in [6, 6.07) is 12.5. The van der Waals surface area contributed by atoms with Crippen LogP contribution in [-0.4, -0.2) is 24.5 Å². The Morgan fingerprint density at radius 1 is 1.26 bits per heavy atom. The number of ether oxygens (including phenoxy) is 2. The third kappa shape index (κ3) is 4.05. The number of hydrogen-bond acceptors (Lipinski definition) is 4. The zero-order valence-corrected chi connectivity index (χ0v) is 15.7. The van der Waals surface area contributed by atoms with Crippen LogP contribution in [0.4, 0.5) is 5.69 Å². The van der Waals surface area contributed by atoms with Gasteiger partial charge in [-0.2, -0.15) is 0 Å². The van der Waals surface area contributed by atoms with Gasteiger partial charge in [0, 0.05) is 0 Å². The summed E-state index contributed by atoms with van der Waals surface area (Å²) < 4.78 is 11.3. The van der Waals surface area contributed by atoms with Crippen LogP contribution in [0.15, 0.2) is 42.5 Å². The molecule has 0 bridgehead atoms. The molecule has 2 aromatic rings. The predicted octanol–water partition coefficient (Wildman–Crippen LogP) is 3.69. The molecule has 6 heteroatoms. The van der Waals surface area contributed by atoms with Gasteiger partial charge >= 0.3 is 0 Å². The van der Waals surface area contributed by atoms with Crippen LogP contribution in [0.25, 0.3) is 0 Å². The van der Waals surface area contributed by atoms with Crippen molar-refractivity contribution < 1.29 is 19.1 Å². The van der Waals surface area contributed by atoms with Crippen molar-refractivity contribution in [2.45, 2.75) is 39.3 Å². The molecule has 0 fully saturated rings. The van der Waals surface area contributed by atoms with E-state index >= 15 is 0 Å². The monoisotopic (exact) mass is 368 g/mol. The van der Waals surface area contributed by atoms with Crippen molar-refractivity contribution in [2.75, 3.05) is 11.9 Å². The Morgan fingerprint density at radius 2 is 2.04 bits per heavy atom. The highest BCUT2D eigenvalue weighted by molar-refractivity contribution is 5.98. The number of carbonyl (C=O) groups excluding carboxylic acids is 2. The Kier molecular flexibility index (Phi) is 5.64. The molecule has 2 amide bonds. The average molecular weight is 368 g/mol. The number of hydrogen-bond donors (Lipinski definition) is 2. The minimum Gasteiger partial charge on any atom is -0.493 e. The maximum Gasteiger partial charge on any atom is 0.265 e. The molecular formula is C21H24N2O4. The fourth-order valence-corrected chi connectivity index (χ4v) is 2.99. The van der Waals surface area contributed by atoms with Gasteiger partial charge in [-0.3, -0.25) is 9.59 Å². The topological polar surface area (TPSA) is 76.7 Å². The van der Waals surface area contributed by atoms with E-state index in [-0.39, 0.29) is 17.9 Å². The molecule has 6 nitrogen and oxygen atoms in total. The van der Waals surface area contributed by atoms with Crippen molar-refractivity contribution in [3.8, 4) is 11.5 Å². The lowest BCUT2D eigenvalue weighted by Crippen LogP contribution is -2.36. The Balaban J connectivity index is 1.76. The molecule has 2 N–H and O–H groups in total. The van der Waals surface area contributed by atoms with Gasteiger partial charge < -0.3 is 20.1 Å². The van der Waals surface area contributed by atoms with Crippen molar-refractivity contribution >= 4 is 17.5 Å². The average Bonchev–Trinajstić information content (AvgIpc) is 2.67. The third-order valence-electron chi connectivity index (χ3n) is 4.48. The molecule has 142 valence electrons. The van der Waals surface area contributed by atoms with Crippen LogP contribution in [0.2, 0.25) is 0 Å². The highest BCUT2D eigenvalue weighted by Gasteiger charge is 2.26. The summed E-state index contributed by atoms with van der Waals surface area (Å²) in [5, 5.41) is 5.84. The van der Waals surface area contributed by atoms with Crippen LogP contribution in [0.5, 0.6) is 11.5 Å². The van der Waals surface area contributed by atoms with Gasteiger partial charge in [-0.25, -0.2) is 0 Å². The van der Waals surface area contributed by atoms with Crippen LogP contribution in [0.3, 0.4) is 0 Å². The first-order valence-electron chi connectivity index (χ1n) is 9.17. The fourth-order valence-electron chi connectivity index (χ4n) is 2.99. The van der Waals surface area contributed by atoms with Crippen molar-refractivity contribution in [1.82, 2.24) is 5.32 Å². The second-order valence-corrected chi connectivity index (χ2v) is 6.38. The molecule has 0 radical (unpaired) electrons. The van der Waals surface area contributed by atoms with Gasteiger partial charge in [0.2, 0.25) is 0 Å². The van der Waals surface area contributed by atoms with E-state index in [4.69, 9.17) is 9.47 Å². The van der Waals surface area contributed by atoms with E-state index in [1.807, 2.05) is 45.0 Å². The zero-order valence-electron chi connectivity index (χ0n) is 15.7. The molecule has 0 aliphatic carbocycles. The van der Waals surface area contributed by atoms with Gasteiger partial charge in [0.25, 0.3) is 11.8 Å². The third-order valence-corrected chi connectivity index (χ3v) is 4.48. The van der Waals surface area contributed by atoms with Crippen molar-refractivity contribution in [1.29, 1.82) is 0 Å². The lowest BCUT2D eigenvalue weighted by atomic mass is 10.0. The Labute approximate surface area is 158 Å². The van der Waals surface area contributed by atoms with Gasteiger partial charge in [-0.15, -0.1) is 0 Å². The maximum absolute atomic E-state index is 12.7. The highest BCUT2D eigenvalue weighted by Crippen LogP contribution is 2.33. The molecule has 2 aromatic carbocycles. The smallest absolute Gasteiger partial charge is 0.265 e. The number of anilines is 1. The standard InChI is InChI=1S/C21H24N2O4/c1-4-17-21(25)23-16-11-10-14(12-19(16)27-17)13(3)22-20(24)15-8-6-7-9-18(15)26-5-2/h6-13,17H,4-5H2,1-3H3,(H,22,24)(H,23,25)/t13-,17-/m1/s1. The molecule has 1 aliphatic heterocycles. The summed E-state index contributed by atoms with van der Waals surface area (Å²) in [4.78, 5) is 24.6. The summed E-state index contributed by atoms with van der Waals surface area (Å²) in [6.45, 7) is 6.18. The van der Waals surface area contributed by atoms with Crippen LogP contribution in [0, 0.1) is 0 Å². The predicted molar refractivity (Wildman–Crippen MR) is 103 cm³/mol. The lowest BCUT2D eigenvalue weighted by Gasteiger charge is -2.26. The molecule has 2 atom stereocenters. The number of benzene rings is 2. The van der Waals surface area contributed by atoms with Crippen molar-refractivity contribution in [2.24, 2.45) is 0 Å². The normalized spacial score (nSPS) is 16.6. The molecule has 0 spiro atoms. The highest BCUT2D eigenvalue weighted by atomic mass is 16.5. The quantitative estimate of drug-likeness (QED) is 0.815. The minimum atomic E-state index is -0.490. The first-order valence-corrected chi connectivity index (χ1v) is 9.17. The summed E-state index contributed by atoms with van der Waals surface area (Å²) in [5.74, 6) is 0.846. The van der Waals surface area contributed by atoms with E-state index in [0.717, 1.165) is 5.56 Å². The van der Waals surface area contributed by atoms with E-state index in [1.54, 1.807) is 18.2 Å². The molecule has 0 saturated carbocycles. The Morgan fingerprint density at radius 3 is 2.78 bits per heavy atom. The Hall–Kier alpha value is -3.02. The van der Waals surface area contributed by atoms with E-state index < -0.39 is 6.10 Å². The summed E-state index contributed by atoms with van der Waals surface area (Å²) in [5.41, 5.74) is 2.04. The molecule has 0 unspecified atom stereocenters. The number of rotatable bonds is 6. The summed E-state index contributed by atoms with van der Waals surface area (Å²) in [7, 11) is 0. The molecule has 1 heterocycles.